The van der Waals surface area contributed by atoms with Crippen molar-refractivity contribution in [3.8, 4) is 17.2 Å². The highest BCUT2D eigenvalue weighted by Crippen LogP contribution is 2.29. The average Bonchev–Trinajstić information content (AvgIpc) is 3.51. The molecule has 0 radical (unpaired) electrons. The van der Waals surface area contributed by atoms with Crippen molar-refractivity contribution < 1.29 is 14.7 Å². The van der Waals surface area contributed by atoms with Gasteiger partial charge in [0.15, 0.2) is 5.84 Å². The topological polar surface area (TPSA) is 125 Å². The Labute approximate surface area is 206 Å². The fourth-order valence-corrected chi connectivity index (χ4v) is 4.56. The van der Waals surface area contributed by atoms with Crippen LogP contribution in [0, 0.1) is 5.41 Å². The molecular weight excluding hydrogens is 460 g/mol. The van der Waals surface area contributed by atoms with Gasteiger partial charge in [0.25, 0.3) is 0 Å². The summed E-state index contributed by atoms with van der Waals surface area (Å²) < 4.78 is 8.97. The van der Waals surface area contributed by atoms with Crippen LogP contribution in [0.25, 0.3) is 16.7 Å². The summed E-state index contributed by atoms with van der Waals surface area (Å²) in [6.45, 7) is 4.42. The maximum absolute atomic E-state index is 13.9. The summed E-state index contributed by atoms with van der Waals surface area (Å²) in [5.41, 5.74) is 3.08. The number of hydroxylamine groups is 1. The maximum Gasteiger partial charge on any atom is 0.334 e. The predicted molar refractivity (Wildman–Crippen MR) is 134 cm³/mol. The lowest BCUT2D eigenvalue weighted by Crippen LogP contribution is -2.31. The van der Waals surface area contributed by atoms with Crippen molar-refractivity contribution in [1.82, 2.24) is 24.5 Å². The van der Waals surface area contributed by atoms with Crippen molar-refractivity contribution in [2.24, 2.45) is 0 Å². The molecule has 4 aromatic rings. The van der Waals surface area contributed by atoms with Crippen molar-refractivity contribution in [2.45, 2.75) is 12.5 Å². The van der Waals surface area contributed by atoms with Crippen LogP contribution in [0.5, 0.6) is 11.5 Å². The van der Waals surface area contributed by atoms with Gasteiger partial charge in [0.2, 0.25) is 5.91 Å². The third-order valence-electron chi connectivity index (χ3n) is 6.22. The van der Waals surface area contributed by atoms with Crippen molar-refractivity contribution in [2.75, 3.05) is 13.1 Å². The molecule has 1 fully saturated rings. The predicted octanol–water partition coefficient (Wildman–Crippen LogP) is 3.24. The quantitative estimate of drug-likeness (QED) is 0.167. The lowest BCUT2D eigenvalue weighted by molar-refractivity contribution is -0.125. The van der Waals surface area contributed by atoms with Gasteiger partial charge in [-0.1, -0.05) is 24.8 Å². The monoisotopic (exact) mass is 484 g/mol. The van der Waals surface area contributed by atoms with E-state index in [1.165, 1.54) is 16.8 Å². The minimum Gasteiger partial charge on any atom is -0.457 e. The number of nitrogens with zero attached hydrogens (tertiary/aromatic N) is 4. The Hall–Kier alpha value is -4.70. The van der Waals surface area contributed by atoms with E-state index < -0.39 is 0 Å². The van der Waals surface area contributed by atoms with Crippen LogP contribution in [0.3, 0.4) is 0 Å². The first-order valence-corrected chi connectivity index (χ1v) is 11.4. The first kappa shape index (κ1) is 23.1. The Bertz CT molecular complexity index is 1510. The Morgan fingerprint density at radius 1 is 1.14 bits per heavy atom. The largest absolute Gasteiger partial charge is 0.457 e. The second-order valence-electron chi connectivity index (χ2n) is 8.34. The van der Waals surface area contributed by atoms with Gasteiger partial charge < -0.3 is 9.64 Å². The minimum atomic E-state index is -0.342. The first-order chi connectivity index (χ1) is 17.5. The Kier molecular flexibility index (Phi) is 6.09. The van der Waals surface area contributed by atoms with Crippen molar-refractivity contribution in [3.05, 3.63) is 95.7 Å². The number of rotatable bonds is 6. The first-order valence-electron chi connectivity index (χ1n) is 11.4. The van der Waals surface area contributed by atoms with E-state index in [0.29, 0.717) is 47.7 Å². The van der Waals surface area contributed by atoms with Gasteiger partial charge in [-0.05, 0) is 55.0 Å². The highest BCUT2D eigenvalue weighted by atomic mass is 16.5. The zero-order valence-electron chi connectivity index (χ0n) is 19.3. The number of nitrogens with one attached hydrogen (secondary N) is 2. The maximum atomic E-state index is 13.9. The number of likely N-dealkylation sites (tertiary alicyclic amines) is 1. The number of hydrogen-bond acceptors (Lipinski definition) is 6. The molecule has 2 aromatic carbocycles. The lowest BCUT2D eigenvalue weighted by atomic mass is 10.2. The van der Waals surface area contributed by atoms with Crippen LogP contribution in [0.1, 0.15) is 18.2 Å². The molecule has 1 saturated heterocycles. The van der Waals surface area contributed by atoms with Crippen LogP contribution in [0.4, 0.5) is 0 Å². The molecule has 5 rings (SSSR count). The highest BCUT2D eigenvalue weighted by molar-refractivity contribution is 6.04. The number of hydrogen-bond donors (Lipinski definition) is 3. The number of amidine groups is 1. The van der Waals surface area contributed by atoms with Crippen LogP contribution in [0.2, 0.25) is 0 Å². The normalized spacial score (nSPS) is 15.1. The van der Waals surface area contributed by atoms with E-state index in [2.05, 4.69) is 11.6 Å². The van der Waals surface area contributed by atoms with Gasteiger partial charge in [-0.15, -0.1) is 0 Å². The minimum absolute atomic E-state index is 0.118. The molecule has 0 saturated carbocycles. The molecule has 2 aromatic heterocycles. The zero-order chi connectivity index (χ0) is 25.2. The lowest BCUT2D eigenvalue weighted by Gasteiger charge is -2.15. The molecule has 36 heavy (non-hydrogen) atoms. The number of ether oxygens (including phenoxy) is 1. The van der Waals surface area contributed by atoms with Crippen molar-refractivity contribution in [1.29, 1.82) is 5.41 Å². The zero-order valence-corrected chi connectivity index (χ0v) is 19.3. The molecule has 0 unspecified atom stereocenters. The van der Waals surface area contributed by atoms with Gasteiger partial charge in [-0.3, -0.25) is 35.0 Å². The smallest absolute Gasteiger partial charge is 0.334 e. The molecule has 182 valence electrons. The Morgan fingerprint density at radius 2 is 1.86 bits per heavy atom. The van der Waals surface area contributed by atoms with Crippen LogP contribution in [0.15, 0.2) is 84.3 Å². The SMILES string of the molecule is C=CC(=O)N1CC[C@H](n2c(=O)n(-c3ccc(Oc4ccccc4)cc3)c3c(C(=N)NO)nccc32)C1. The fraction of sp³-hybridized carbons (Fsp3) is 0.154. The summed E-state index contributed by atoms with van der Waals surface area (Å²) in [4.78, 5) is 31.9. The number of pyridine rings is 1. The molecule has 1 aliphatic heterocycles. The van der Waals surface area contributed by atoms with Crippen molar-refractivity contribution in [3.63, 3.8) is 0 Å². The molecule has 1 aliphatic rings. The second-order valence-corrected chi connectivity index (χ2v) is 8.34. The van der Waals surface area contributed by atoms with E-state index >= 15 is 0 Å². The van der Waals surface area contributed by atoms with Crippen LogP contribution in [-0.4, -0.2) is 49.1 Å². The molecule has 3 heterocycles. The average molecular weight is 485 g/mol. The van der Waals surface area contributed by atoms with Gasteiger partial charge in [-0.25, -0.2) is 4.79 Å². The van der Waals surface area contributed by atoms with E-state index in [1.807, 2.05) is 35.8 Å². The molecule has 0 spiro atoms. The van der Waals surface area contributed by atoms with Crippen molar-refractivity contribution >= 4 is 22.8 Å². The molecule has 10 heteroatoms. The summed E-state index contributed by atoms with van der Waals surface area (Å²) >= 11 is 0. The Balaban J connectivity index is 1.62. The van der Waals surface area contributed by atoms with Crippen LogP contribution in [-0.2, 0) is 4.79 Å². The van der Waals surface area contributed by atoms with E-state index in [4.69, 9.17) is 10.1 Å². The van der Waals surface area contributed by atoms with E-state index in [9.17, 15) is 14.8 Å². The summed E-state index contributed by atoms with van der Waals surface area (Å²) in [5.74, 6) is 0.759. The fourth-order valence-electron chi connectivity index (χ4n) is 4.56. The number of imidazole rings is 1. The van der Waals surface area contributed by atoms with E-state index in [0.717, 1.165) is 0 Å². The molecular formula is C26H24N6O4. The third-order valence-corrected chi connectivity index (χ3v) is 6.22. The summed E-state index contributed by atoms with van der Waals surface area (Å²) in [5, 5.41) is 17.6. The van der Waals surface area contributed by atoms with E-state index in [1.54, 1.807) is 39.8 Å². The van der Waals surface area contributed by atoms with Gasteiger partial charge >= 0.3 is 5.69 Å². The molecule has 1 atom stereocenters. The standard InChI is InChI=1S/C26H24N6O4/c1-2-22(33)30-15-13-18(16-30)31-21-12-14-28-23(25(27)29-35)24(21)32(26(31)34)17-8-10-20(11-9-17)36-19-6-4-3-5-7-19/h2-12,14,18,35H,1,13,15-16H2,(H2,27,29)/t18-/m0/s1. The van der Waals surface area contributed by atoms with Crippen LogP contribution < -0.4 is 15.9 Å². The number of fused-ring (bicyclic) bond motifs is 1. The molecule has 0 aliphatic carbocycles. The molecule has 3 N–H and O–H groups in total. The van der Waals surface area contributed by atoms with E-state index in [-0.39, 0.29) is 29.2 Å². The Morgan fingerprint density at radius 3 is 2.56 bits per heavy atom. The van der Waals surface area contributed by atoms with Gasteiger partial charge in [0, 0.05) is 19.3 Å². The molecule has 0 bridgehead atoms. The molecule has 10 nitrogen and oxygen atoms in total. The number of carbonyl (C=O) groups is 1. The third kappa shape index (κ3) is 4.03. The number of aromatic nitrogens is 3. The highest BCUT2D eigenvalue weighted by Gasteiger charge is 2.31. The summed E-state index contributed by atoms with van der Waals surface area (Å²) in [7, 11) is 0. The second kappa shape index (κ2) is 9.51. The molecule has 1 amide bonds. The number of para-hydroxylation sites is 1. The summed E-state index contributed by atoms with van der Waals surface area (Å²) in [6, 6.07) is 17.8. The number of amides is 1. The van der Waals surface area contributed by atoms with Gasteiger partial charge in [-0.2, -0.15) is 0 Å². The van der Waals surface area contributed by atoms with Crippen LogP contribution >= 0.6 is 0 Å². The number of benzene rings is 2. The van der Waals surface area contributed by atoms with Gasteiger partial charge in [0.05, 0.1) is 17.2 Å². The summed E-state index contributed by atoms with van der Waals surface area (Å²) in [6.07, 6.45) is 3.35. The van der Waals surface area contributed by atoms with Gasteiger partial charge in [0.1, 0.15) is 22.7 Å². The number of carbonyl (C=O) groups excluding carboxylic acids is 1.